The quantitative estimate of drug-likeness (QED) is 0.745. The Hall–Kier alpha value is 0.0383. The van der Waals surface area contributed by atoms with Crippen molar-refractivity contribution >= 4 is 5.97 Å². The number of rotatable bonds is 1. The number of hydrogen-bond donors (Lipinski definition) is 2. The zero-order valence-corrected chi connectivity index (χ0v) is 7.12. The number of aliphatic hydroxyl groups excluding tert-OH is 1. The maximum Gasteiger partial charge on any atom is 2.00 e. The van der Waals surface area contributed by atoms with Gasteiger partial charge in [0.15, 0.2) is 0 Å². The second kappa shape index (κ2) is 10.9. The molecule has 5 nitrogen and oxygen atoms in total. The molecule has 0 heterocycles. The summed E-state index contributed by atoms with van der Waals surface area (Å²) in [4.78, 5) is 9.45. The second-order valence-corrected chi connectivity index (χ2v) is 1.01. The van der Waals surface area contributed by atoms with Gasteiger partial charge in [0, 0.05) is 0 Å². The van der Waals surface area contributed by atoms with Crippen LogP contribution in [0.15, 0.2) is 0 Å². The first-order valence-electron chi connectivity index (χ1n) is 1.55. The van der Waals surface area contributed by atoms with Gasteiger partial charge in [0.05, 0.1) is 0 Å². The summed E-state index contributed by atoms with van der Waals surface area (Å²) in [5, 5.41) is 15.8. The van der Waals surface area contributed by atoms with Gasteiger partial charge in [-0.2, -0.15) is 0 Å². The third-order valence-electron chi connectivity index (χ3n) is 0.357. The topological polar surface area (TPSA) is 125 Å². The molecule has 0 aromatic heterocycles. The van der Waals surface area contributed by atoms with Crippen LogP contribution in [0.4, 0.5) is 0 Å². The Morgan fingerprint density at radius 2 is 1.56 bits per heavy atom. The summed E-state index contributed by atoms with van der Waals surface area (Å²) in [6.07, 6.45) is -1.23. The van der Waals surface area contributed by atoms with E-state index in [9.17, 15) is 4.79 Å². The summed E-state index contributed by atoms with van der Waals surface area (Å²) >= 11 is 0. The van der Waals surface area contributed by atoms with Gasteiger partial charge in [0.1, 0.15) is 6.10 Å². The summed E-state index contributed by atoms with van der Waals surface area (Å²) < 4.78 is 0. The summed E-state index contributed by atoms with van der Waals surface area (Å²) in [6, 6.07) is 0. The summed E-state index contributed by atoms with van der Waals surface area (Å²) in [5.74, 6) is -1.19. The number of aliphatic carboxylic acids is 1. The molecule has 0 saturated heterocycles. The van der Waals surface area contributed by atoms with Gasteiger partial charge in [-0.1, -0.05) is 0 Å². The predicted molar refractivity (Wildman–Crippen MR) is 29.9 cm³/mol. The molecule has 60 valence electrons. The molecule has 6 N–H and O–H groups in total. The van der Waals surface area contributed by atoms with Crippen molar-refractivity contribution in [1.29, 1.82) is 0 Å². The van der Waals surface area contributed by atoms with Gasteiger partial charge in [0.2, 0.25) is 0 Å². The van der Waals surface area contributed by atoms with E-state index in [0.29, 0.717) is 0 Å². The smallest absolute Gasteiger partial charge is 0.693 e. The number of carbonyl (C=O) groups is 1. The molecule has 0 fully saturated rings. The number of carboxylic acids is 1. The van der Waals surface area contributed by atoms with E-state index in [1.54, 1.807) is 0 Å². The van der Waals surface area contributed by atoms with Crippen molar-refractivity contribution in [3.8, 4) is 0 Å². The average Bonchev–Trinajstić information content (AvgIpc) is 1.36. The molecule has 9 heavy (non-hydrogen) atoms. The van der Waals surface area contributed by atoms with E-state index in [2.05, 4.69) is 0 Å². The van der Waals surface area contributed by atoms with Crippen molar-refractivity contribution in [2.75, 3.05) is 0 Å². The van der Waals surface area contributed by atoms with Crippen LogP contribution in [0.1, 0.15) is 6.92 Å². The van der Waals surface area contributed by atoms with Crippen LogP contribution >= 0.6 is 0 Å². The van der Waals surface area contributed by atoms with Crippen molar-refractivity contribution in [2.24, 2.45) is 0 Å². The maximum absolute atomic E-state index is 9.45. The van der Waals surface area contributed by atoms with Crippen molar-refractivity contribution in [2.45, 2.75) is 13.0 Å². The SMILES string of the molecule is CC(O)C(=O)O.[NH2-].[NH2-].[Pt+2]. The third-order valence-corrected chi connectivity index (χ3v) is 0.357. The van der Waals surface area contributed by atoms with Gasteiger partial charge in [-0.25, -0.2) is 4.79 Å². The Kier molecular flexibility index (Phi) is 27.9. The van der Waals surface area contributed by atoms with Gasteiger partial charge in [-0.05, 0) is 6.92 Å². The fourth-order valence-electron chi connectivity index (χ4n) is 0. The van der Waals surface area contributed by atoms with Gasteiger partial charge < -0.3 is 22.5 Å². The van der Waals surface area contributed by atoms with Crippen molar-refractivity contribution in [1.82, 2.24) is 0 Å². The summed E-state index contributed by atoms with van der Waals surface area (Å²) in [7, 11) is 0. The fraction of sp³-hybridized carbons (Fsp3) is 0.667. The minimum Gasteiger partial charge on any atom is -0.693 e. The molecule has 0 amide bonds. The van der Waals surface area contributed by atoms with Crippen LogP contribution in [0.25, 0.3) is 12.3 Å². The number of carboxylic acid groups (broad SMARTS) is 1. The van der Waals surface area contributed by atoms with E-state index in [1.165, 1.54) is 6.92 Å². The molecular formula is C3H10N2O3Pt. The Bertz CT molecular complexity index is 68.1. The Morgan fingerprint density at radius 1 is 1.44 bits per heavy atom. The van der Waals surface area contributed by atoms with Crippen molar-refractivity contribution in [3.63, 3.8) is 0 Å². The van der Waals surface area contributed by atoms with Gasteiger partial charge in [-0.3, -0.25) is 0 Å². The van der Waals surface area contributed by atoms with Crippen LogP contribution in [-0.4, -0.2) is 22.3 Å². The Labute approximate surface area is 67.9 Å². The molecule has 0 radical (unpaired) electrons. The molecule has 0 aliphatic carbocycles. The first kappa shape index (κ1) is 23.0. The molecule has 1 atom stereocenters. The van der Waals surface area contributed by atoms with Crippen LogP contribution in [0.2, 0.25) is 0 Å². The van der Waals surface area contributed by atoms with E-state index in [-0.39, 0.29) is 33.4 Å². The van der Waals surface area contributed by atoms with E-state index in [1.807, 2.05) is 0 Å². The normalized spacial score (nSPS) is 9.11. The average molecular weight is 317 g/mol. The van der Waals surface area contributed by atoms with Crippen LogP contribution in [0.3, 0.4) is 0 Å². The van der Waals surface area contributed by atoms with Crippen molar-refractivity contribution < 1.29 is 36.1 Å². The van der Waals surface area contributed by atoms with Crippen LogP contribution in [-0.2, 0) is 25.9 Å². The van der Waals surface area contributed by atoms with Gasteiger partial charge in [-0.15, -0.1) is 0 Å². The minimum absolute atomic E-state index is 0. The first-order valence-corrected chi connectivity index (χ1v) is 1.55. The molecule has 0 saturated carbocycles. The maximum atomic E-state index is 9.45. The number of aliphatic hydroxyl groups is 1. The Balaban J connectivity index is -0.0000000417. The molecular weight excluding hydrogens is 307 g/mol. The molecule has 0 spiro atoms. The zero-order valence-electron chi connectivity index (χ0n) is 4.85. The van der Waals surface area contributed by atoms with Crippen LogP contribution in [0, 0.1) is 0 Å². The summed E-state index contributed by atoms with van der Waals surface area (Å²) in [5.41, 5.74) is 0. The van der Waals surface area contributed by atoms with E-state index >= 15 is 0 Å². The molecule has 0 bridgehead atoms. The van der Waals surface area contributed by atoms with E-state index in [0.717, 1.165) is 0 Å². The van der Waals surface area contributed by atoms with E-state index < -0.39 is 12.1 Å². The molecule has 0 aliphatic rings. The minimum atomic E-state index is -1.23. The Morgan fingerprint density at radius 3 is 1.56 bits per heavy atom. The van der Waals surface area contributed by atoms with Crippen LogP contribution in [0.5, 0.6) is 0 Å². The number of hydrogen-bond acceptors (Lipinski definition) is 2. The molecule has 1 unspecified atom stereocenters. The van der Waals surface area contributed by atoms with Gasteiger partial charge in [0.25, 0.3) is 0 Å². The monoisotopic (exact) mass is 317 g/mol. The van der Waals surface area contributed by atoms with Crippen molar-refractivity contribution in [3.05, 3.63) is 12.3 Å². The zero-order chi connectivity index (χ0) is 5.15. The standard InChI is InChI=1S/C3H6O3.2H2N.Pt/c1-2(4)3(5)6;;;/h2,4H,1H3,(H,5,6);2*1H2;/q;2*-1;+2. The summed E-state index contributed by atoms with van der Waals surface area (Å²) in [6.45, 7) is 1.20. The fourth-order valence-corrected chi connectivity index (χ4v) is 0. The largest absolute Gasteiger partial charge is 2.00 e. The number of nitrogens with two attached hydrogens (primary N) is 2. The van der Waals surface area contributed by atoms with E-state index in [4.69, 9.17) is 10.2 Å². The van der Waals surface area contributed by atoms with Crippen LogP contribution < -0.4 is 0 Å². The molecule has 0 rings (SSSR count). The molecule has 6 heteroatoms. The predicted octanol–water partition coefficient (Wildman–Crippen LogP) is 0.883. The first-order chi connectivity index (χ1) is 2.64. The van der Waals surface area contributed by atoms with Gasteiger partial charge >= 0.3 is 27.0 Å². The molecule has 0 aliphatic heterocycles. The third kappa shape index (κ3) is 18.0. The molecule has 0 aromatic carbocycles. The second-order valence-electron chi connectivity index (χ2n) is 1.01. The molecule has 0 aromatic rings.